The van der Waals surface area contributed by atoms with Gasteiger partial charge in [-0.15, -0.1) is 0 Å². The molecule has 0 aromatic carbocycles. The highest BCUT2D eigenvalue weighted by atomic mass is 16.5. The van der Waals surface area contributed by atoms with E-state index in [0.717, 1.165) is 43.4 Å². The summed E-state index contributed by atoms with van der Waals surface area (Å²) >= 11 is 0. The maximum atomic E-state index is 5.45. The second-order valence-electron chi connectivity index (χ2n) is 4.91. The molecular weight excluding hydrogens is 202 g/mol. The van der Waals surface area contributed by atoms with Gasteiger partial charge in [0, 0.05) is 12.3 Å². The zero-order chi connectivity index (χ0) is 11.4. The molecule has 1 saturated carbocycles. The fraction of sp³-hybridized carbons (Fsp3) is 0.833. The Morgan fingerprint density at radius 3 is 2.94 bits per heavy atom. The van der Waals surface area contributed by atoms with Crippen LogP contribution in [0.5, 0.6) is 0 Å². The Balaban J connectivity index is 1.87. The third-order valence-electron chi connectivity index (χ3n) is 3.39. The predicted molar refractivity (Wildman–Crippen MR) is 62.0 cm³/mol. The Morgan fingerprint density at radius 1 is 1.38 bits per heavy atom. The fourth-order valence-corrected chi connectivity index (χ4v) is 2.40. The molecule has 16 heavy (non-hydrogen) atoms. The van der Waals surface area contributed by atoms with Gasteiger partial charge in [0.25, 0.3) is 0 Å². The first-order chi connectivity index (χ1) is 7.79. The van der Waals surface area contributed by atoms with Crippen molar-refractivity contribution < 1.29 is 4.52 Å². The Hall–Kier alpha value is -0.900. The molecule has 0 aliphatic heterocycles. The number of nitrogens with two attached hydrogens (primary N) is 1. The van der Waals surface area contributed by atoms with E-state index in [1.807, 2.05) is 0 Å². The summed E-state index contributed by atoms with van der Waals surface area (Å²) in [6.45, 7) is 3.03. The smallest absolute Gasteiger partial charge is 0.226 e. The average Bonchev–Trinajstić information content (AvgIpc) is 2.87. The molecule has 0 saturated heterocycles. The van der Waals surface area contributed by atoms with Crippen molar-refractivity contribution in [3.8, 4) is 0 Å². The number of rotatable bonds is 5. The Morgan fingerprint density at radius 2 is 2.25 bits per heavy atom. The third-order valence-corrected chi connectivity index (χ3v) is 3.39. The SMILES string of the molecule is CC1CCC(c2noc(CCCCN)n2)C1. The lowest BCUT2D eigenvalue weighted by Crippen LogP contribution is -1.99. The molecule has 1 fully saturated rings. The van der Waals surface area contributed by atoms with E-state index >= 15 is 0 Å². The molecule has 0 spiro atoms. The first kappa shape index (κ1) is 11.6. The zero-order valence-corrected chi connectivity index (χ0v) is 9.98. The highest BCUT2D eigenvalue weighted by Gasteiger charge is 2.26. The molecule has 0 radical (unpaired) electrons. The maximum absolute atomic E-state index is 5.45. The maximum Gasteiger partial charge on any atom is 0.226 e. The van der Waals surface area contributed by atoms with E-state index in [-0.39, 0.29) is 0 Å². The van der Waals surface area contributed by atoms with E-state index in [9.17, 15) is 0 Å². The minimum atomic E-state index is 0.530. The molecule has 90 valence electrons. The van der Waals surface area contributed by atoms with Gasteiger partial charge in [-0.3, -0.25) is 0 Å². The summed E-state index contributed by atoms with van der Waals surface area (Å²) in [7, 11) is 0. The minimum Gasteiger partial charge on any atom is -0.339 e. The molecule has 4 nitrogen and oxygen atoms in total. The standard InChI is InChI=1S/C12H21N3O/c1-9-5-6-10(8-9)12-14-11(16-15-12)4-2-3-7-13/h9-10H,2-8,13H2,1H3. The molecule has 1 aliphatic carbocycles. The highest BCUT2D eigenvalue weighted by Crippen LogP contribution is 2.36. The molecule has 1 aliphatic rings. The van der Waals surface area contributed by atoms with Crippen molar-refractivity contribution in [2.75, 3.05) is 6.54 Å². The summed E-state index contributed by atoms with van der Waals surface area (Å²) in [5.74, 6) is 3.04. The van der Waals surface area contributed by atoms with E-state index in [0.29, 0.717) is 5.92 Å². The van der Waals surface area contributed by atoms with Crippen LogP contribution in [0.25, 0.3) is 0 Å². The molecule has 1 heterocycles. The predicted octanol–water partition coefficient (Wildman–Crippen LogP) is 2.25. The number of nitrogens with zero attached hydrogens (tertiary/aromatic N) is 2. The van der Waals surface area contributed by atoms with E-state index < -0.39 is 0 Å². The van der Waals surface area contributed by atoms with Crippen LogP contribution in [-0.4, -0.2) is 16.7 Å². The fourth-order valence-electron chi connectivity index (χ4n) is 2.40. The summed E-state index contributed by atoms with van der Waals surface area (Å²) in [6.07, 6.45) is 6.65. The van der Waals surface area contributed by atoms with Crippen molar-refractivity contribution in [2.24, 2.45) is 11.7 Å². The molecule has 2 rings (SSSR count). The van der Waals surface area contributed by atoms with Crippen LogP contribution in [0.1, 0.15) is 56.7 Å². The van der Waals surface area contributed by atoms with Crippen LogP contribution >= 0.6 is 0 Å². The van der Waals surface area contributed by atoms with Crippen LogP contribution in [-0.2, 0) is 6.42 Å². The molecule has 2 N–H and O–H groups in total. The van der Waals surface area contributed by atoms with Crippen molar-refractivity contribution in [3.05, 3.63) is 11.7 Å². The largest absolute Gasteiger partial charge is 0.339 e. The van der Waals surface area contributed by atoms with Crippen LogP contribution in [0.3, 0.4) is 0 Å². The van der Waals surface area contributed by atoms with Crippen molar-refractivity contribution in [3.63, 3.8) is 0 Å². The van der Waals surface area contributed by atoms with Crippen LogP contribution in [0.2, 0.25) is 0 Å². The summed E-state index contributed by atoms with van der Waals surface area (Å²) in [4.78, 5) is 4.48. The number of aryl methyl sites for hydroxylation is 1. The summed E-state index contributed by atoms with van der Waals surface area (Å²) in [6, 6.07) is 0. The van der Waals surface area contributed by atoms with Crippen LogP contribution in [0, 0.1) is 5.92 Å². The van der Waals surface area contributed by atoms with Gasteiger partial charge in [0.05, 0.1) is 0 Å². The summed E-state index contributed by atoms with van der Waals surface area (Å²) in [5.41, 5.74) is 5.45. The Bertz CT molecular complexity index is 324. The van der Waals surface area contributed by atoms with Gasteiger partial charge < -0.3 is 10.3 Å². The third kappa shape index (κ3) is 2.82. The molecule has 4 heteroatoms. The number of hydrogen-bond donors (Lipinski definition) is 1. The van der Waals surface area contributed by atoms with Crippen LogP contribution < -0.4 is 5.73 Å². The van der Waals surface area contributed by atoms with E-state index in [4.69, 9.17) is 10.3 Å². The van der Waals surface area contributed by atoms with Gasteiger partial charge in [0.2, 0.25) is 5.89 Å². The molecule has 0 amide bonds. The van der Waals surface area contributed by atoms with Gasteiger partial charge >= 0.3 is 0 Å². The van der Waals surface area contributed by atoms with Gasteiger partial charge in [-0.05, 0) is 44.6 Å². The monoisotopic (exact) mass is 223 g/mol. The lowest BCUT2D eigenvalue weighted by molar-refractivity contribution is 0.366. The Kier molecular flexibility index (Phi) is 3.93. The minimum absolute atomic E-state index is 0.530. The second-order valence-corrected chi connectivity index (χ2v) is 4.91. The highest BCUT2D eigenvalue weighted by molar-refractivity contribution is 4.99. The van der Waals surface area contributed by atoms with Gasteiger partial charge in [-0.1, -0.05) is 12.1 Å². The van der Waals surface area contributed by atoms with Crippen molar-refractivity contribution in [2.45, 2.75) is 51.4 Å². The first-order valence-corrected chi connectivity index (χ1v) is 6.32. The van der Waals surface area contributed by atoms with Gasteiger partial charge in [0.1, 0.15) is 0 Å². The zero-order valence-electron chi connectivity index (χ0n) is 9.98. The molecule has 1 aromatic heterocycles. The van der Waals surface area contributed by atoms with Gasteiger partial charge in [-0.2, -0.15) is 4.98 Å². The number of aromatic nitrogens is 2. The molecule has 0 bridgehead atoms. The Labute approximate surface area is 96.6 Å². The van der Waals surface area contributed by atoms with Gasteiger partial charge in [0.15, 0.2) is 5.82 Å². The normalized spacial score (nSPS) is 25.1. The second kappa shape index (κ2) is 5.43. The topological polar surface area (TPSA) is 64.9 Å². The van der Waals surface area contributed by atoms with Crippen molar-refractivity contribution in [1.29, 1.82) is 0 Å². The number of unbranched alkanes of at least 4 members (excludes halogenated alkanes) is 1. The molecule has 2 unspecified atom stereocenters. The van der Waals surface area contributed by atoms with Crippen molar-refractivity contribution in [1.82, 2.24) is 10.1 Å². The first-order valence-electron chi connectivity index (χ1n) is 6.32. The van der Waals surface area contributed by atoms with Crippen LogP contribution in [0.4, 0.5) is 0 Å². The molecular formula is C12H21N3O. The van der Waals surface area contributed by atoms with Crippen molar-refractivity contribution >= 4 is 0 Å². The lowest BCUT2D eigenvalue weighted by Gasteiger charge is -2.01. The van der Waals surface area contributed by atoms with E-state index in [1.165, 1.54) is 19.3 Å². The summed E-state index contributed by atoms with van der Waals surface area (Å²) < 4.78 is 5.26. The average molecular weight is 223 g/mol. The molecule has 2 atom stereocenters. The van der Waals surface area contributed by atoms with E-state index in [2.05, 4.69) is 17.1 Å². The van der Waals surface area contributed by atoms with Gasteiger partial charge in [-0.25, -0.2) is 0 Å². The van der Waals surface area contributed by atoms with E-state index in [1.54, 1.807) is 0 Å². The molecule has 1 aromatic rings. The lowest BCUT2D eigenvalue weighted by atomic mass is 10.1. The quantitative estimate of drug-likeness (QED) is 0.777. The number of hydrogen-bond acceptors (Lipinski definition) is 4. The summed E-state index contributed by atoms with van der Waals surface area (Å²) in [5, 5.41) is 4.09. The van der Waals surface area contributed by atoms with Crippen LogP contribution in [0.15, 0.2) is 4.52 Å².